The van der Waals surface area contributed by atoms with Crippen molar-refractivity contribution in [3.63, 3.8) is 0 Å². The van der Waals surface area contributed by atoms with E-state index in [1.165, 1.54) is 0 Å². The second-order valence-electron chi connectivity index (χ2n) is 4.62. The van der Waals surface area contributed by atoms with Crippen molar-refractivity contribution in [2.75, 3.05) is 0 Å². The van der Waals surface area contributed by atoms with E-state index < -0.39 is 6.10 Å². The summed E-state index contributed by atoms with van der Waals surface area (Å²) in [5, 5.41) is 12.9. The number of hydrogen-bond acceptors (Lipinski definition) is 3. The molecule has 2 unspecified atom stereocenters. The van der Waals surface area contributed by atoms with Crippen molar-refractivity contribution < 1.29 is 9.90 Å². The number of nitrogens with zero attached hydrogens (tertiary/aromatic N) is 1. The van der Waals surface area contributed by atoms with Crippen LogP contribution in [0.5, 0.6) is 0 Å². The molecule has 1 fully saturated rings. The maximum absolute atomic E-state index is 12.1. The minimum Gasteiger partial charge on any atom is -0.391 e. The molecule has 0 aromatic carbocycles. The molecule has 18 heavy (non-hydrogen) atoms. The second-order valence-corrected chi connectivity index (χ2v) is 5.47. The van der Waals surface area contributed by atoms with Crippen molar-refractivity contribution in [2.24, 2.45) is 0 Å². The third-order valence-electron chi connectivity index (χ3n) is 3.27. The highest BCUT2D eigenvalue weighted by Gasteiger charge is 2.24. The zero-order chi connectivity index (χ0) is 13.0. The first kappa shape index (κ1) is 13.5. The van der Waals surface area contributed by atoms with Gasteiger partial charge in [-0.1, -0.05) is 19.3 Å². The minimum atomic E-state index is -0.445. The highest BCUT2D eigenvalue weighted by atomic mass is 79.9. The lowest BCUT2D eigenvalue weighted by Gasteiger charge is -2.21. The molecule has 2 N–H and O–H groups in total. The van der Waals surface area contributed by atoms with E-state index in [0.717, 1.165) is 32.1 Å². The van der Waals surface area contributed by atoms with E-state index in [9.17, 15) is 9.90 Å². The first-order valence-electron chi connectivity index (χ1n) is 6.28. The molecule has 98 valence electrons. The Hall–Kier alpha value is -0.940. The largest absolute Gasteiger partial charge is 0.391 e. The van der Waals surface area contributed by atoms with Gasteiger partial charge in [0.05, 0.1) is 12.1 Å². The highest BCUT2D eigenvalue weighted by molar-refractivity contribution is 9.10. The SMILES string of the molecule is O=C(NC1CCCCCC1O)c1ncccc1Br. The second kappa shape index (κ2) is 6.29. The normalized spacial score (nSPS) is 24.3. The van der Waals surface area contributed by atoms with Crippen LogP contribution in [0.1, 0.15) is 42.6 Å². The van der Waals surface area contributed by atoms with Crippen LogP contribution >= 0.6 is 15.9 Å². The molecule has 2 atom stereocenters. The molecule has 2 rings (SSSR count). The molecule has 1 aromatic rings. The summed E-state index contributed by atoms with van der Waals surface area (Å²) in [5.41, 5.74) is 0.369. The average Bonchev–Trinajstić information content (AvgIpc) is 2.55. The van der Waals surface area contributed by atoms with Gasteiger partial charge in [-0.25, -0.2) is 4.98 Å². The number of aliphatic hydroxyl groups is 1. The summed E-state index contributed by atoms with van der Waals surface area (Å²) in [6, 6.07) is 3.39. The van der Waals surface area contributed by atoms with Crippen LogP contribution in [0.3, 0.4) is 0 Å². The molecule has 1 amide bonds. The van der Waals surface area contributed by atoms with Crippen molar-refractivity contribution in [1.29, 1.82) is 0 Å². The van der Waals surface area contributed by atoms with Crippen molar-refractivity contribution >= 4 is 21.8 Å². The number of amides is 1. The number of pyridine rings is 1. The van der Waals surface area contributed by atoms with Gasteiger partial charge in [-0.2, -0.15) is 0 Å². The van der Waals surface area contributed by atoms with E-state index in [1.54, 1.807) is 18.3 Å². The number of aromatic nitrogens is 1. The number of carbonyl (C=O) groups excluding carboxylic acids is 1. The van der Waals surface area contributed by atoms with E-state index >= 15 is 0 Å². The average molecular weight is 313 g/mol. The summed E-state index contributed by atoms with van der Waals surface area (Å²) < 4.78 is 0.672. The summed E-state index contributed by atoms with van der Waals surface area (Å²) in [5.74, 6) is -0.228. The van der Waals surface area contributed by atoms with E-state index in [2.05, 4.69) is 26.2 Å². The zero-order valence-corrected chi connectivity index (χ0v) is 11.7. The van der Waals surface area contributed by atoms with E-state index in [4.69, 9.17) is 0 Å². The molecule has 1 aliphatic carbocycles. The van der Waals surface area contributed by atoms with Crippen LogP contribution in [0.15, 0.2) is 22.8 Å². The summed E-state index contributed by atoms with van der Waals surface area (Å²) in [6.07, 6.45) is 5.93. The summed E-state index contributed by atoms with van der Waals surface area (Å²) in [4.78, 5) is 16.1. The van der Waals surface area contributed by atoms with Gasteiger partial charge in [0, 0.05) is 10.7 Å². The molecule has 0 spiro atoms. The van der Waals surface area contributed by atoms with Crippen molar-refractivity contribution in [3.05, 3.63) is 28.5 Å². The zero-order valence-electron chi connectivity index (χ0n) is 10.1. The van der Waals surface area contributed by atoms with Crippen LogP contribution in [0.4, 0.5) is 0 Å². The number of aliphatic hydroxyl groups excluding tert-OH is 1. The Morgan fingerprint density at radius 3 is 2.94 bits per heavy atom. The highest BCUT2D eigenvalue weighted by Crippen LogP contribution is 2.19. The van der Waals surface area contributed by atoms with Gasteiger partial charge in [0.2, 0.25) is 0 Å². The van der Waals surface area contributed by atoms with Gasteiger partial charge in [0.15, 0.2) is 0 Å². The minimum absolute atomic E-state index is 0.158. The summed E-state index contributed by atoms with van der Waals surface area (Å²) in [6.45, 7) is 0. The van der Waals surface area contributed by atoms with Crippen LogP contribution in [0.25, 0.3) is 0 Å². The molecule has 1 aromatic heterocycles. The van der Waals surface area contributed by atoms with Gasteiger partial charge in [0.25, 0.3) is 5.91 Å². The van der Waals surface area contributed by atoms with Crippen LogP contribution in [0.2, 0.25) is 0 Å². The molecule has 0 bridgehead atoms. The molecule has 1 heterocycles. The number of halogens is 1. The Balaban J connectivity index is 2.04. The van der Waals surface area contributed by atoms with Crippen LogP contribution < -0.4 is 5.32 Å². The van der Waals surface area contributed by atoms with Gasteiger partial charge in [-0.3, -0.25) is 4.79 Å². The molecule has 0 radical (unpaired) electrons. The van der Waals surface area contributed by atoms with Gasteiger partial charge in [0.1, 0.15) is 5.69 Å². The topological polar surface area (TPSA) is 62.2 Å². The van der Waals surface area contributed by atoms with Crippen molar-refractivity contribution in [3.8, 4) is 0 Å². The number of nitrogens with one attached hydrogen (secondary N) is 1. The van der Waals surface area contributed by atoms with Gasteiger partial charge in [-0.05, 0) is 40.9 Å². The van der Waals surface area contributed by atoms with Crippen LogP contribution in [-0.2, 0) is 0 Å². The third kappa shape index (κ3) is 3.29. The summed E-state index contributed by atoms with van der Waals surface area (Å²) in [7, 11) is 0. The van der Waals surface area contributed by atoms with Crippen LogP contribution in [0, 0.1) is 0 Å². The number of carbonyl (C=O) groups is 1. The molecule has 0 saturated heterocycles. The lowest BCUT2D eigenvalue weighted by Crippen LogP contribution is -2.43. The monoisotopic (exact) mass is 312 g/mol. The van der Waals surface area contributed by atoms with E-state index in [1.807, 2.05) is 0 Å². The van der Waals surface area contributed by atoms with E-state index in [0.29, 0.717) is 10.2 Å². The Morgan fingerprint density at radius 2 is 2.17 bits per heavy atom. The van der Waals surface area contributed by atoms with E-state index in [-0.39, 0.29) is 11.9 Å². The third-order valence-corrected chi connectivity index (χ3v) is 3.91. The molecule has 4 nitrogen and oxygen atoms in total. The van der Waals surface area contributed by atoms with Gasteiger partial charge in [-0.15, -0.1) is 0 Å². The van der Waals surface area contributed by atoms with Crippen LogP contribution in [-0.4, -0.2) is 28.1 Å². The van der Waals surface area contributed by atoms with Gasteiger partial charge < -0.3 is 10.4 Å². The Bertz CT molecular complexity index is 425. The Labute approximate surface area is 115 Å². The predicted octanol–water partition coefficient (Wildman–Crippen LogP) is 2.27. The maximum Gasteiger partial charge on any atom is 0.271 e. The first-order valence-corrected chi connectivity index (χ1v) is 7.07. The fourth-order valence-corrected chi connectivity index (χ4v) is 2.68. The molecule has 1 aliphatic rings. The predicted molar refractivity (Wildman–Crippen MR) is 72.3 cm³/mol. The van der Waals surface area contributed by atoms with Crippen molar-refractivity contribution in [1.82, 2.24) is 10.3 Å². The fraction of sp³-hybridized carbons (Fsp3) is 0.538. The maximum atomic E-state index is 12.1. The summed E-state index contributed by atoms with van der Waals surface area (Å²) >= 11 is 3.31. The molecule has 0 aliphatic heterocycles. The Kier molecular flexibility index (Phi) is 4.72. The molecular formula is C13H17BrN2O2. The quantitative estimate of drug-likeness (QED) is 0.823. The first-order chi connectivity index (χ1) is 8.68. The number of rotatable bonds is 2. The smallest absolute Gasteiger partial charge is 0.271 e. The van der Waals surface area contributed by atoms with Crippen molar-refractivity contribution in [2.45, 2.75) is 44.2 Å². The molecular weight excluding hydrogens is 296 g/mol. The standard InChI is InChI=1S/C13H17BrN2O2/c14-9-5-4-8-15-12(9)13(18)16-10-6-2-1-3-7-11(10)17/h4-5,8,10-11,17H,1-3,6-7H2,(H,16,18). The van der Waals surface area contributed by atoms with Gasteiger partial charge >= 0.3 is 0 Å². The number of hydrogen-bond donors (Lipinski definition) is 2. The molecule has 5 heteroatoms. The molecule has 1 saturated carbocycles. The lowest BCUT2D eigenvalue weighted by atomic mass is 10.1. The fourth-order valence-electron chi connectivity index (χ4n) is 2.25. The lowest BCUT2D eigenvalue weighted by molar-refractivity contribution is 0.0813. The Morgan fingerprint density at radius 1 is 1.39 bits per heavy atom.